The first-order chi connectivity index (χ1) is 5.99. The first-order valence-corrected chi connectivity index (χ1v) is 5.25. The van der Waals surface area contributed by atoms with Crippen LogP contribution >= 0.6 is 0 Å². The monoisotopic (exact) mass is 185 g/mol. The van der Waals surface area contributed by atoms with Gasteiger partial charge in [-0.1, -0.05) is 20.8 Å². The Morgan fingerprint density at radius 1 is 1.23 bits per heavy atom. The van der Waals surface area contributed by atoms with Gasteiger partial charge in [-0.3, -0.25) is 9.69 Å². The number of rotatable bonds is 6. The number of hydrogen-bond donors (Lipinski definition) is 0. The molecule has 0 spiro atoms. The van der Waals surface area contributed by atoms with Crippen molar-refractivity contribution in [3.63, 3.8) is 0 Å². The molecule has 13 heavy (non-hydrogen) atoms. The number of hydrogen-bond acceptors (Lipinski definition) is 2. The van der Waals surface area contributed by atoms with Crippen molar-refractivity contribution in [3.8, 4) is 0 Å². The molecular formula is C11H23NO. The lowest BCUT2D eigenvalue weighted by Crippen LogP contribution is -2.37. The van der Waals surface area contributed by atoms with Crippen molar-refractivity contribution in [2.75, 3.05) is 13.1 Å². The maximum Gasteiger partial charge on any atom is 0.149 e. The average molecular weight is 185 g/mol. The standard InChI is InChI=1S/C11H23NO/c1-6-7-12(10(4)5)8-11(13)9(2)3/h9-10H,6-8H2,1-5H3. The molecule has 0 N–H and O–H groups in total. The summed E-state index contributed by atoms with van der Waals surface area (Å²) in [5.74, 6) is 0.514. The number of ketones is 1. The summed E-state index contributed by atoms with van der Waals surface area (Å²) < 4.78 is 0. The van der Waals surface area contributed by atoms with Crippen LogP contribution in [0, 0.1) is 5.92 Å². The van der Waals surface area contributed by atoms with E-state index in [1.165, 1.54) is 0 Å². The summed E-state index contributed by atoms with van der Waals surface area (Å²) in [5, 5.41) is 0. The van der Waals surface area contributed by atoms with Crippen molar-refractivity contribution in [1.82, 2.24) is 4.90 Å². The van der Waals surface area contributed by atoms with E-state index in [-0.39, 0.29) is 5.92 Å². The van der Waals surface area contributed by atoms with Crippen molar-refractivity contribution in [2.45, 2.75) is 47.1 Å². The Morgan fingerprint density at radius 3 is 2.08 bits per heavy atom. The Bertz CT molecular complexity index is 152. The van der Waals surface area contributed by atoms with Crippen LogP contribution < -0.4 is 0 Å². The molecule has 0 aromatic heterocycles. The molecule has 0 aliphatic carbocycles. The van der Waals surface area contributed by atoms with Gasteiger partial charge in [0.25, 0.3) is 0 Å². The molecule has 0 saturated carbocycles. The average Bonchev–Trinajstić information content (AvgIpc) is 2.03. The van der Waals surface area contributed by atoms with E-state index < -0.39 is 0 Å². The molecule has 0 unspecified atom stereocenters. The molecule has 2 nitrogen and oxygen atoms in total. The highest BCUT2D eigenvalue weighted by Gasteiger charge is 2.14. The molecule has 0 rings (SSSR count). The van der Waals surface area contributed by atoms with Crippen LogP contribution in [0.2, 0.25) is 0 Å². The molecule has 0 aromatic rings. The van der Waals surface area contributed by atoms with Crippen LogP contribution in [0.25, 0.3) is 0 Å². The van der Waals surface area contributed by atoms with E-state index in [2.05, 4.69) is 25.7 Å². The lowest BCUT2D eigenvalue weighted by Gasteiger charge is -2.25. The van der Waals surface area contributed by atoms with E-state index in [0.29, 0.717) is 18.4 Å². The van der Waals surface area contributed by atoms with Gasteiger partial charge in [-0.15, -0.1) is 0 Å². The summed E-state index contributed by atoms with van der Waals surface area (Å²) >= 11 is 0. The molecular weight excluding hydrogens is 162 g/mol. The van der Waals surface area contributed by atoms with Gasteiger partial charge in [0.15, 0.2) is 0 Å². The van der Waals surface area contributed by atoms with E-state index in [9.17, 15) is 4.79 Å². The van der Waals surface area contributed by atoms with Crippen LogP contribution in [0.4, 0.5) is 0 Å². The van der Waals surface area contributed by atoms with Crippen LogP contribution in [0.3, 0.4) is 0 Å². The molecule has 0 aliphatic heterocycles. The third-order valence-corrected chi connectivity index (χ3v) is 2.24. The number of Topliss-reactive ketones (excluding diaryl/α,β-unsaturated/α-hetero) is 1. The van der Waals surface area contributed by atoms with Gasteiger partial charge in [0.2, 0.25) is 0 Å². The Labute approximate surface area is 82.3 Å². The fourth-order valence-electron chi connectivity index (χ4n) is 1.19. The van der Waals surface area contributed by atoms with Gasteiger partial charge in [0, 0.05) is 12.0 Å². The molecule has 2 heteroatoms. The molecule has 0 heterocycles. The minimum Gasteiger partial charge on any atom is -0.298 e. The van der Waals surface area contributed by atoms with E-state index in [1.54, 1.807) is 0 Å². The zero-order valence-electron chi connectivity index (χ0n) is 9.63. The second kappa shape index (κ2) is 6.14. The van der Waals surface area contributed by atoms with E-state index >= 15 is 0 Å². The summed E-state index contributed by atoms with van der Waals surface area (Å²) in [6.45, 7) is 12.0. The van der Waals surface area contributed by atoms with Crippen molar-refractivity contribution in [2.24, 2.45) is 5.92 Å². The Balaban J connectivity index is 4.02. The summed E-state index contributed by atoms with van der Waals surface area (Å²) in [5.41, 5.74) is 0. The zero-order valence-corrected chi connectivity index (χ0v) is 9.63. The van der Waals surface area contributed by atoms with Crippen LogP contribution in [-0.4, -0.2) is 29.8 Å². The van der Waals surface area contributed by atoms with Gasteiger partial charge < -0.3 is 0 Å². The predicted octanol–water partition coefficient (Wildman–Crippen LogP) is 2.33. The molecule has 0 bridgehead atoms. The van der Waals surface area contributed by atoms with Gasteiger partial charge in [-0.2, -0.15) is 0 Å². The summed E-state index contributed by atoms with van der Waals surface area (Å²) in [6.07, 6.45) is 1.11. The van der Waals surface area contributed by atoms with Gasteiger partial charge in [-0.05, 0) is 26.8 Å². The normalized spacial score (nSPS) is 11.7. The fraction of sp³-hybridized carbons (Fsp3) is 0.909. The molecule has 0 radical (unpaired) electrons. The smallest absolute Gasteiger partial charge is 0.149 e. The Morgan fingerprint density at radius 2 is 1.77 bits per heavy atom. The lowest BCUT2D eigenvalue weighted by molar-refractivity contribution is -0.123. The number of carbonyl (C=O) groups excluding carboxylic acids is 1. The number of carbonyl (C=O) groups is 1. The van der Waals surface area contributed by atoms with E-state index in [1.807, 2.05) is 13.8 Å². The SMILES string of the molecule is CCCN(CC(=O)C(C)C)C(C)C. The predicted molar refractivity (Wildman–Crippen MR) is 56.8 cm³/mol. The van der Waals surface area contributed by atoms with Crippen molar-refractivity contribution in [3.05, 3.63) is 0 Å². The van der Waals surface area contributed by atoms with Crippen molar-refractivity contribution >= 4 is 5.78 Å². The van der Waals surface area contributed by atoms with Crippen LogP contribution in [0.5, 0.6) is 0 Å². The topological polar surface area (TPSA) is 20.3 Å². The summed E-state index contributed by atoms with van der Waals surface area (Å²) in [4.78, 5) is 13.7. The summed E-state index contributed by atoms with van der Waals surface area (Å²) in [6, 6.07) is 0.475. The quantitative estimate of drug-likeness (QED) is 0.633. The molecule has 0 saturated heterocycles. The second-order valence-corrected chi connectivity index (χ2v) is 4.19. The van der Waals surface area contributed by atoms with Gasteiger partial charge >= 0.3 is 0 Å². The van der Waals surface area contributed by atoms with Crippen molar-refractivity contribution in [1.29, 1.82) is 0 Å². The minimum absolute atomic E-state index is 0.165. The van der Waals surface area contributed by atoms with Crippen LogP contribution in [0.15, 0.2) is 0 Å². The largest absolute Gasteiger partial charge is 0.298 e. The lowest BCUT2D eigenvalue weighted by atomic mass is 10.1. The Kier molecular flexibility index (Phi) is 5.97. The highest BCUT2D eigenvalue weighted by atomic mass is 16.1. The summed E-state index contributed by atoms with van der Waals surface area (Å²) in [7, 11) is 0. The molecule has 78 valence electrons. The van der Waals surface area contributed by atoms with Gasteiger partial charge in [0.05, 0.1) is 6.54 Å². The second-order valence-electron chi connectivity index (χ2n) is 4.19. The third kappa shape index (κ3) is 5.04. The number of nitrogens with zero attached hydrogens (tertiary/aromatic N) is 1. The van der Waals surface area contributed by atoms with Crippen molar-refractivity contribution < 1.29 is 4.79 Å². The highest BCUT2D eigenvalue weighted by Crippen LogP contribution is 2.03. The van der Waals surface area contributed by atoms with Crippen LogP contribution in [-0.2, 0) is 4.79 Å². The first kappa shape index (κ1) is 12.6. The molecule has 0 aliphatic rings. The van der Waals surface area contributed by atoms with E-state index in [4.69, 9.17) is 0 Å². The third-order valence-electron chi connectivity index (χ3n) is 2.24. The van der Waals surface area contributed by atoms with Gasteiger partial charge in [0.1, 0.15) is 5.78 Å². The maximum absolute atomic E-state index is 11.5. The molecule has 0 amide bonds. The van der Waals surface area contributed by atoms with Crippen LogP contribution in [0.1, 0.15) is 41.0 Å². The first-order valence-electron chi connectivity index (χ1n) is 5.25. The minimum atomic E-state index is 0.165. The maximum atomic E-state index is 11.5. The molecule has 0 aromatic carbocycles. The van der Waals surface area contributed by atoms with Gasteiger partial charge in [-0.25, -0.2) is 0 Å². The zero-order chi connectivity index (χ0) is 10.4. The fourth-order valence-corrected chi connectivity index (χ4v) is 1.19. The Hall–Kier alpha value is -0.370. The molecule has 0 atom stereocenters. The highest BCUT2D eigenvalue weighted by molar-refractivity contribution is 5.82. The van der Waals surface area contributed by atoms with E-state index in [0.717, 1.165) is 13.0 Å². The molecule has 0 fully saturated rings.